The first kappa shape index (κ1) is 14.6. The zero-order valence-corrected chi connectivity index (χ0v) is 11.0. The van der Waals surface area contributed by atoms with Gasteiger partial charge >= 0.3 is 0 Å². The van der Waals surface area contributed by atoms with E-state index in [0.29, 0.717) is 13.2 Å². The van der Waals surface area contributed by atoms with Crippen molar-refractivity contribution in [1.29, 1.82) is 0 Å². The first-order chi connectivity index (χ1) is 8.72. The number of nitrogens with zero attached hydrogens (tertiary/aromatic N) is 1. The molecule has 0 bridgehead atoms. The SMILES string of the molecule is COCC(C)NC(=O)CNCCc1ccccn1. The number of ether oxygens (including phenoxy) is 1. The van der Waals surface area contributed by atoms with Crippen LogP contribution in [0.1, 0.15) is 12.6 Å². The molecule has 0 radical (unpaired) electrons. The number of hydrogen-bond acceptors (Lipinski definition) is 4. The summed E-state index contributed by atoms with van der Waals surface area (Å²) in [6, 6.07) is 5.87. The quantitative estimate of drug-likeness (QED) is 0.655. The third kappa shape index (κ3) is 6.32. The van der Waals surface area contributed by atoms with E-state index in [1.807, 2.05) is 25.1 Å². The molecule has 2 N–H and O–H groups in total. The lowest BCUT2D eigenvalue weighted by Crippen LogP contribution is -2.41. The second-order valence-electron chi connectivity index (χ2n) is 4.17. The number of carbonyl (C=O) groups excluding carboxylic acids is 1. The third-order valence-electron chi connectivity index (χ3n) is 2.39. The molecule has 5 nitrogen and oxygen atoms in total. The normalized spacial score (nSPS) is 12.1. The fraction of sp³-hybridized carbons (Fsp3) is 0.538. The largest absolute Gasteiger partial charge is 0.383 e. The molecule has 0 aliphatic carbocycles. The molecule has 1 atom stereocenters. The molecule has 1 heterocycles. The predicted molar refractivity (Wildman–Crippen MR) is 70.3 cm³/mol. The predicted octanol–water partition coefficient (Wildman–Crippen LogP) is 0.365. The minimum absolute atomic E-state index is 0.0134. The minimum Gasteiger partial charge on any atom is -0.383 e. The molecule has 1 rings (SSSR count). The average Bonchev–Trinajstić information content (AvgIpc) is 2.36. The second kappa shape index (κ2) is 8.60. The van der Waals surface area contributed by atoms with E-state index in [-0.39, 0.29) is 11.9 Å². The van der Waals surface area contributed by atoms with E-state index in [2.05, 4.69) is 15.6 Å². The Labute approximate surface area is 108 Å². The lowest BCUT2D eigenvalue weighted by Gasteiger charge is -2.12. The molecule has 0 spiro atoms. The van der Waals surface area contributed by atoms with Gasteiger partial charge in [0.15, 0.2) is 0 Å². The topological polar surface area (TPSA) is 63.2 Å². The summed E-state index contributed by atoms with van der Waals surface area (Å²) in [6.07, 6.45) is 2.59. The summed E-state index contributed by atoms with van der Waals surface area (Å²) in [6.45, 7) is 3.50. The van der Waals surface area contributed by atoms with Crippen LogP contribution >= 0.6 is 0 Å². The summed E-state index contributed by atoms with van der Waals surface area (Å²) in [5, 5.41) is 5.93. The minimum atomic E-state index is -0.0134. The molecular weight excluding hydrogens is 230 g/mol. The van der Waals surface area contributed by atoms with Gasteiger partial charge in [0.2, 0.25) is 5.91 Å². The second-order valence-corrected chi connectivity index (χ2v) is 4.17. The summed E-state index contributed by atoms with van der Waals surface area (Å²) in [5.74, 6) is -0.0134. The van der Waals surface area contributed by atoms with Crippen molar-refractivity contribution in [2.24, 2.45) is 0 Å². The molecule has 1 aromatic rings. The fourth-order valence-corrected chi connectivity index (χ4v) is 1.58. The van der Waals surface area contributed by atoms with Crippen LogP contribution in [0.4, 0.5) is 0 Å². The number of rotatable bonds is 8. The van der Waals surface area contributed by atoms with E-state index in [9.17, 15) is 4.79 Å². The highest BCUT2D eigenvalue weighted by molar-refractivity contribution is 5.78. The number of aromatic nitrogens is 1. The van der Waals surface area contributed by atoms with Crippen LogP contribution in [0.3, 0.4) is 0 Å². The standard InChI is InChI=1S/C13H21N3O2/c1-11(10-18-2)16-13(17)9-14-8-6-12-5-3-4-7-15-12/h3-5,7,11,14H,6,8-10H2,1-2H3,(H,16,17). The first-order valence-electron chi connectivity index (χ1n) is 6.11. The molecule has 0 aliphatic rings. The summed E-state index contributed by atoms with van der Waals surface area (Å²) >= 11 is 0. The lowest BCUT2D eigenvalue weighted by molar-refractivity contribution is -0.121. The van der Waals surface area contributed by atoms with Crippen molar-refractivity contribution in [2.75, 3.05) is 26.8 Å². The van der Waals surface area contributed by atoms with E-state index in [1.165, 1.54) is 0 Å². The van der Waals surface area contributed by atoms with E-state index in [1.54, 1.807) is 13.3 Å². The Morgan fingerprint density at radius 3 is 3.00 bits per heavy atom. The van der Waals surface area contributed by atoms with Crippen molar-refractivity contribution < 1.29 is 9.53 Å². The van der Waals surface area contributed by atoms with Crippen LogP contribution in [0.5, 0.6) is 0 Å². The third-order valence-corrected chi connectivity index (χ3v) is 2.39. The van der Waals surface area contributed by atoms with Gasteiger partial charge in [-0.1, -0.05) is 6.07 Å². The van der Waals surface area contributed by atoms with E-state index < -0.39 is 0 Å². The summed E-state index contributed by atoms with van der Waals surface area (Å²) in [5.41, 5.74) is 1.03. The Hall–Kier alpha value is -1.46. The zero-order chi connectivity index (χ0) is 13.2. The molecule has 0 fully saturated rings. The van der Waals surface area contributed by atoms with Crippen molar-refractivity contribution >= 4 is 5.91 Å². The molecule has 0 saturated carbocycles. The maximum Gasteiger partial charge on any atom is 0.234 e. The van der Waals surface area contributed by atoms with Gasteiger partial charge in [0.25, 0.3) is 0 Å². The van der Waals surface area contributed by atoms with Gasteiger partial charge in [-0.2, -0.15) is 0 Å². The molecule has 18 heavy (non-hydrogen) atoms. The number of amides is 1. The number of pyridine rings is 1. The van der Waals surface area contributed by atoms with Gasteiger partial charge in [-0.25, -0.2) is 0 Å². The lowest BCUT2D eigenvalue weighted by atomic mass is 10.3. The van der Waals surface area contributed by atoms with Gasteiger partial charge in [0.1, 0.15) is 0 Å². The molecule has 5 heteroatoms. The molecule has 100 valence electrons. The van der Waals surface area contributed by atoms with Crippen molar-refractivity contribution in [1.82, 2.24) is 15.6 Å². The summed E-state index contributed by atoms with van der Waals surface area (Å²) in [4.78, 5) is 15.7. The highest BCUT2D eigenvalue weighted by Gasteiger charge is 2.05. The van der Waals surface area contributed by atoms with Crippen LogP contribution in [0, 0.1) is 0 Å². The van der Waals surface area contributed by atoms with Crippen LogP contribution in [-0.4, -0.2) is 43.7 Å². The van der Waals surface area contributed by atoms with Gasteiger partial charge in [-0.15, -0.1) is 0 Å². The number of nitrogens with one attached hydrogen (secondary N) is 2. The Morgan fingerprint density at radius 1 is 1.50 bits per heavy atom. The molecule has 0 saturated heterocycles. The van der Waals surface area contributed by atoms with Gasteiger partial charge in [0.05, 0.1) is 13.2 Å². The molecule has 0 aromatic carbocycles. The van der Waals surface area contributed by atoms with Crippen molar-refractivity contribution in [3.8, 4) is 0 Å². The Bertz CT molecular complexity index is 343. The first-order valence-corrected chi connectivity index (χ1v) is 6.11. The fourth-order valence-electron chi connectivity index (χ4n) is 1.58. The zero-order valence-electron chi connectivity index (χ0n) is 11.0. The smallest absolute Gasteiger partial charge is 0.234 e. The van der Waals surface area contributed by atoms with Crippen molar-refractivity contribution in [3.63, 3.8) is 0 Å². The molecule has 1 amide bonds. The van der Waals surface area contributed by atoms with Gasteiger partial charge in [-0.05, 0) is 19.1 Å². The molecular formula is C13H21N3O2. The van der Waals surface area contributed by atoms with E-state index >= 15 is 0 Å². The number of carbonyl (C=O) groups is 1. The van der Waals surface area contributed by atoms with Crippen LogP contribution in [0.15, 0.2) is 24.4 Å². The molecule has 0 aliphatic heterocycles. The van der Waals surface area contributed by atoms with E-state index in [0.717, 1.165) is 18.7 Å². The monoisotopic (exact) mass is 251 g/mol. The van der Waals surface area contributed by atoms with Crippen LogP contribution in [0.2, 0.25) is 0 Å². The Morgan fingerprint density at radius 2 is 2.33 bits per heavy atom. The molecule has 1 aromatic heterocycles. The van der Waals surface area contributed by atoms with Crippen LogP contribution in [-0.2, 0) is 16.0 Å². The summed E-state index contributed by atoms with van der Waals surface area (Å²) < 4.78 is 4.94. The Balaban J connectivity index is 2.09. The highest BCUT2D eigenvalue weighted by Crippen LogP contribution is 1.92. The van der Waals surface area contributed by atoms with Crippen LogP contribution < -0.4 is 10.6 Å². The molecule has 1 unspecified atom stereocenters. The number of methoxy groups -OCH3 is 1. The summed E-state index contributed by atoms with van der Waals surface area (Å²) in [7, 11) is 1.62. The van der Waals surface area contributed by atoms with Gasteiger partial charge in [-0.3, -0.25) is 9.78 Å². The highest BCUT2D eigenvalue weighted by atomic mass is 16.5. The number of hydrogen-bond donors (Lipinski definition) is 2. The maximum atomic E-state index is 11.5. The maximum absolute atomic E-state index is 11.5. The van der Waals surface area contributed by atoms with Gasteiger partial charge < -0.3 is 15.4 Å². The Kier molecular flexibility index (Phi) is 6.98. The van der Waals surface area contributed by atoms with Crippen molar-refractivity contribution in [2.45, 2.75) is 19.4 Å². The van der Waals surface area contributed by atoms with Crippen LogP contribution in [0.25, 0.3) is 0 Å². The van der Waals surface area contributed by atoms with Crippen molar-refractivity contribution in [3.05, 3.63) is 30.1 Å². The van der Waals surface area contributed by atoms with E-state index in [4.69, 9.17) is 4.74 Å². The van der Waals surface area contributed by atoms with Gasteiger partial charge in [0, 0.05) is 38.0 Å². The average molecular weight is 251 g/mol.